The van der Waals surface area contributed by atoms with Gasteiger partial charge in [0.25, 0.3) is 0 Å². The van der Waals surface area contributed by atoms with E-state index in [2.05, 4.69) is 9.38 Å². The highest BCUT2D eigenvalue weighted by atomic mass is 32.1. The standard InChI is InChI=1S/C13H12N2OS/c1-9(16)11-6-10-4-2-3-5-15(10)13(11)12-7-14-8-17-12/h2-9,16H,1H3. The van der Waals surface area contributed by atoms with Crippen molar-refractivity contribution in [2.45, 2.75) is 13.0 Å². The van der Waals surface area contributed by atoms with Crippen LogP contribution in [-0.2, 0) is 0 Å². The van der Waals surface area contributed by atoms with Gasteiger partial charge in [-0.05, 0) is 25.1 Å². The smallest absolute Gasteiger partial charge is 0.0798 e. The minimum Gasteiger partial charge on any atom is -0.389 e. The van der Waals surface area contributed by atoms with Crippen LogP contribution >= 0.6 is 11.3 Å². The molecule has 3 rings (SSSR count). The number of hydrogen-bond donors (Lipinski definition) is 1. The average molecular weight is 244 g/mol. The monoisotopic (exact) mass is 244 g/mol. The van der Waals surface area contributed by atoms with Gasteiger partial charge >= 0.3 is 0 Å². The quantitative estimate of drug-likeness (QED) is 0.752. The highest BCUT2D eigenvalue weighted by Crippen LogP contribution is 2.33. The Labute approximate surface area is 103 Å². The maximum Gasteiger partial charge on any atom is 0.0798 e. The molecule has 0 aliphatic heterocycles. The summed E-state index contributed by atoms with van der Waals surface area (Å²) in [6.07, 6.45) is 3.37. The van der Waals surface area contributed by atoms with Crippen molar-refractivity contribution in [3.05, 3.63) is 47.7 Å². The van der Waals surface area contributed by atoms with Crippen LogP contribution in [0.25, 0.3) is 16.1 Å². The Kier molecular flexibility index (Phi) is 2.46. The van der Waals surface area contributed by atoms with Crippen molar-refractivity contribution in [1.29, 1.82) is 0 Å². The van der Waals surface area contributed by atoms with Gasteiger partial charge in [0.1, 0.15) is 0 Å². The minimum atomic E-state index is -0.480. The van der Waals surface area contributed by atoms with E-state index in [-0.39, 0.29) is 0 Å². The van der Waals surface area contributed by atoms with Gasteiger partial charge in [-0.15, -0.1) is 11.3 Å². The molecule has 0 saturated carbocycles. The second-order valence-electron chi connectivity index (χ2n) is 3.99. The Balaban J connectivity index is 2.36. The number of aliphatic hydroxyl groups is 1. The molecule has 0 fully saturated rings. The molecule has 0 saturated heterocycles. The molecular weight excluding hydrogens is 232 g/mol. The van der Waals surface area contributed by atoms with Crippen LogP contribution < -0.4 is 0 Å². The Morgan fingerprint density at radius 3 is 3.00 bits per heavy atom. The van der Waals surface area contributed by atoms with Crippen LogP contribution in [0.5, 0.6) is 0 Å². The SMILES string of the molecule is CC(O)c1cc2ccccn2c1-c1cncs1. The lowest BCUT2D eigenvalue weighted by atomic mass is 10.1. The maximum absolute atomic E-state index is 9.88. The third-order valence-corrected chi connectivity index (χ3v) is 3.60. The van der Waals surface area contributed by atoms with Crippen molar-refractivity contribution >= 4 is 16.9 Å². The molecule has 1 atom stereocenters. The van der Waals surface area contributed by atoms with Crippen LogP contribution in [0.1, 0.15) is 18.6 Å². The average Bonchev–Trinajstić information content (AvgIpc) is 2.94. The number of pyridine rings is 1. The molecule has 3 aromatic rings. The number of nitrogens with zero attached hydrogens (tertiary/aromatic N) is 2. The van der Waals surface area contributed by atoms with E-state index >= 15 is 0 Å². The molecule has 0 spiro atoms. The zero-order valence-corrected chi connectivity index (χ0v) is 10.2. The fourth-order valence-electron chi connectivity index (χ4n) is 2.06. The van der Waals surface area contributed by atoms with Gasteiger partial charge in [-0.25, -0.2) is 0 Å². The largest absolute Gasteiger partial charge is 0.389 e. The number of aliphatic hydroxyl groups excluding tert-OH is 1. The second-order valence-corrected chi connectivity index (χ2v) is 4.87. The van der Waals surface area contributed by atoms with Crippen LogP contribution in [0.15, 0.2) is 42.2 Å². The summed E-state index contributed by atoms with van der Waals surface area (Å²) in [4.78, 5) is 5.18. The van der Waals surface area contributed by atoms with Crippen LogP contribution in [0, 0.1) is 0 Å². The van der Waals surface area contributed by atoms with Crippen molar-refractivity contribution in [1.82, 2.24) is 9.38 Å². The van der Waals surface area contributed by atoms with Crippen molar-refractivity contribution in [3.63, 3.8) is 0 Å². The Morgan fingerprint density at radius 2 is 2.29 bits per heavy atom. The summed E-state index contributed by atoms with van der Waals surface area (Å²) < 4.78 is 2.09. The second kappa shape index (κ2) is 3.98. The summed E-state index contributed by atoms with van der Waals surface area (Å²) in [6, 6.07) is 8.05. The van der Waals surface area contributed by atoms with Gasteiger partial charge in [0, 0.05) is 23.5 Å². The molecule has 0 aliphatic carbocycles. The third-order valence-electron chi connectivity index (χ3n) is 2.82. The first-order valence-corrected chi connectivity index (χ1v) is 6.32. The van der Waals surface area contributed by atoms with E-state index in [9.17, 15) is 5.11 Å². The molecule has 1 unspecified atom stereocenters. The van der Waals surface area contributed by atoms with Gasteiger partial charge < -0.3 is 9.51 Å². The third kappa shape index (κ3) is 1.66. The minimum absolute atomic E-state index is 0.480. The predicted molar refractivity (Wildman–Crippen MR) is 69.1 cm³/mol. The van der Waals surface area contributed by atoms with Gasteiger partial charge in [-0.3, -0.25) is 4.98 Å². The highest BCUT2D eigenvalue weighted by molar-refractivity contribution is 7.13. The van der Waals surface area contributed by atoms with Crippen molar-refractivity contribution in [2.75, 3.05) is 0 Å². The number of aromatic nitrogens is 2. The summed E-state index contributed by atoms with van der Waals surface area (Å²) in [5.74, 6) is 0. The molecule has 3 heterocycles. The molecule has 3 nitrogen and oxygen atoms in total. The zero-order chi connectivity index (χ0) is 11.8. The Hall–Kier alpha value is -1.65. The molecule has 4 heteroatoms. The van der Waals surface area contributed by atoms with E-state index in [1.54, 1.807) is 18.3 Å². The van der Waals surface area contributed by atoms with Gasteiger partial charge in [0.2, 0.25) is 0 Å². The van der Waals surface area contributed by atoms with E-state index in [1.165, 1.54) is 0 Å². The fourth-order valence-corrected chi connectivity index (χ4v) is 2.74. The van der Waals surface area contributed by atoms with Crippen molar-refractivity contribution in [3.8, 4) is 10.6 Å². The zero-order valence-electron chi connectivity index (χ0n) is 9.37. The number of rotatable bonds is 2. The fraction of sp³-hybridized carbons (Fsp3) is 0.154. The summed E-state index contributed by atoms with van der Waals surface area (Å²) >= 11 is 1.58. The van der Waals surface area contributed by atoms with E-state index < -0.39 is 6.10 Å². The van der Waals surface area contributed by atoms with Crippen LogP contribution in [-0.4, -0.2) is 14.5 Å². The Bertz CT molecular complexity index is 641. The lowest BCUT2D eigenvalue weighted by Crippen LogP contribution is -1.93. The molecule has 86 valence electrons. The van der Waals surface area contributed by atoms with Gasteiger partial charge in [0.05, 0.1) is 22.2 Å². The number of hydrogen-bond acceptors (Lipinski definition) is 3. The van der Waals surface area contributed by atoms with E-state index in [0.29, 0.717) is 0 Å². The maximum atomic E-state index is 9.88. The number of thiazole rings is 1. The predicted octanol–water partition coefficient (Wildman–Crippen LogP) is 3.12. The molecule has 0 aromatic carbocycles. The van der Waals surface area contributed by atoms with Gasteiger partial charge in [-0.2, -0.15) is 0 Å². The topological polar surface area (TPSA) is 37.5 Å². The van der Waals surface area contributed by atoms with Gasteiger partial charge in [-0.1, -0.05) is 6.07 Å². The summed E-state index contributed by atoms with van der Waals surface area (Å²) in [6.45, 7) is 1.79. The van der Waals surface area contributed by atoms with Crippen LogP contribution in [0.3, 0.4) is 0 Å². The van der Waals surface area contributed by atoms with Gasteiger partial charge in [0.15, 0.2) is 0 Å². The molecule has 0 amide bonds. The normalized spacial score (nSPS) is 13.1. The van der Waals surface area contributed by atoms with Crippen LogP contribution in [0.4, 0.5) is 0 Å². The lowest BCUT2D eigenvalue weighted by molar-refractivity contribution is 0.200. The molecule has 0 bridgehead atoms. The summed E-state index contributed by atoms with van der Waals surface area (Å²) in [7, 11) is 0. The van der Waals surface area contributed by atoms with Crippen molar-refractivity contribution < 1.29 is 5.11 Å². The van der Waals surface area contributed by atoms with E-state index in [4.69, 9.17) is 0 Å². The molecule has 0 aliphatic rings. The molecule has 1 N–H and O–H groups in total. The molecule has 3 aromatic heterocycles. The lowest BCUT2D eigenvalue weighted by Gasteiger charge is -2.06. The molecule has 0 radical (unpaired) electrons. The first-order valence-electron chi connectivity index (χ1n) is 5.44. The first-order chi connectivity index (χ1) is 8.27. The first kappa shape index (κ1) is 10.5. The summed E-state index contributed by atoms with van der Waals surface area (Å²) in [5, 5.41) is 9.88. The molecule has 17 heavy (non-hydrogen) atoms. The summed E-state index contributed by atoms with van der Waals surface area (Å²) in [5.41, 5.74) is 4.88. The highest BCUT2D eigenvalue weighted by Gasteiger charge is 2.16. The van der Waals surface area contributed by atoms with Crippen molar-refractivity contribution in [2.24, 2.45) is 0 Å². The number of fused-ring (bicyclic) bond motifs is 1. The molecular formula is C13H12N2OS. The Morgan fingerprint density at radius 1 is 1.41 bits per heavy atom. The van der Waals surface area contributed by atoms with E-state index in [0.717, 1.165) is 21.7 Å². The van der Waals surface area contributed by atoms with Crippen LogP contribution in [0.2, 0.25) is 0 Å². The van der Waals surface area contributed by atoms with E-state index in [1.807, 2.05) is 42.2 Å².